The molecule has 1 aliphatic rings. The van der Waals surface area contributed by atoms with Gasteiger partial charge >= 0.3 is 0 Å². The van der Waals surface area contributed by atoms with Gasteiger partial charge in [-0.3, -0.25) is 9.69 Å². The van der Waals surface area contributed by atoms with Gasteiger partial charge in [-0.25, -0.2) is 0 Å². The monoisotopic (exact) mass is 354 g/mol. The molecule has 26 heavy (non-hydrogen) atoms. The maximum absolute atomic E-state index is 12.2. The summed E-state index contributed by atoms with van der Waals surface area (Å²) in [6.45, 7) is 6.63. The standard InChI is InChI=1S/C21H26N2O3/c1-17(21(24)22-11-12-23-13-15-25-16-14-23)26-20-9-7-19(8-10-20)18-5-3-2-4-6-18/h2-10,17H,11-16H2,1H3,(H,22,24)/t17-/m0/s1. The van der Waals surface area contributed by atoms with Gasteiger partial charge in [0.25, 0.3) is 5.91 Å². The van der Waals surface area contributed by atoms with Gasteiger partial charge in [0, 0.05) is 26.2 Å². The first kappa shape index (κ1) is 18.4. The largest absolute Gasteiger partial charge is 0.481 e. The molecule has 0 unspecified atom stereocenters. The molecule has 0 saturated carbocycles. The van der Waals surface area contributed by atoms with Crippen LogP contribution in [0, 0.1) is 0 Å². The van der Waals surface area contributed by atoms with Crippen LogP contribution in [0.4, 0.5) is 0 Å². The number of amides is 1. The van der Waals surface area contributed by atoms with Crippen LogP contribution in [0.25, 0.3) is 11.1 Å². The summed E-state index contributed by atoms with van der Waals surface area (Å²) >= 11 is 0. The Balaban J connectivity index is 1.44. The third-order valence-electron chi connectivity index (χ3n) is 4.47. The second-order valence-electron chi connectivity index (χ2n) is 6.40. The van der Waals surface area contributed by atoms with Crippen molar-refractivity contribution in [1.29, 1.82) is 0 Å². The number of benzene rings is 2. The van der Waals surface area contributed by atoms with Gasteiger partial charge in [0.15, 0.2) is 6.10 Å². The first-order valence-electron chi connectivity index (χ1n) is 9.12. The Morgan fingerprint density at radius 2 is 1.73 bits per heavy atom. The number of carbonyl (C=O) groups is 1. The molecule has 0 spiro atoms. The molecule has 0 bridgehead atoms. The van der Waals surface area contributed by atoms with Crippen LogP contribution in [-0.4, -0.2) is 56.3 Å². The van der Waals surface area contributed by atoms with Crippen molar-refractivity contribution in [3.8, 4) is 16.9 Å². The van der Waals surface area contributed by atoms with Crippen molar-refractivity contribution < 1.29 is 14.3 Å². The van der Waals surface area contributed by atoms with Crippen molar-refractivity contribution in [3.63, 3.8) is 0 Å². The molecule has 1 N–H and O–H groups in total. The normalized spacial score (nSPS) is 16.0. The minimum atomic E-state index is -0.526. The van der Waals surface area contributed by atoms with Gasteiger partial charge in [-0.15, -0.1) is 0 Å². The number of carbonyl (C=O) groups excluding carboxylic acids is 1. The predicted molar refractivity (Wildman–Crippen MR) is 102 cm³/mol. The summed E-state index contributed by atoms with van der Waals surface area (Å²) in [6, 6.07) is 18.0. The Labute approximate surface area is 154 Å². The van der Waals surface area contributed by atoms with E-state index >= 15 is 0 Å². The topological polar surface area (TPSA) is 50.8 Å². The SMILES string of the molecule is C[C@H](Oc1ccc(-c2ccccc2)cc1)C(=O)NCCN1CCOCC1. The molecule has 1 fully saturated rings. The van der Waals surface area contributed by atoms with Gasteiger partial charge < -0.3 is 14.8 Å². The summed E-state index contributed by atoms with van der Waals surface area (Å²) in [7, 11) is 0. The van der Waals surface area contributed by atoms with Crippen LogP contribution >= 0.6 is 0 Å². The lowest BCUT2D eigenvalue weighted by atomic mass is 10.1. The van der Waals surface area contributed by atoms with Crippen molar-refractivity contribution in [3.05, 3.63) is 54.6 Å². The number of nitrogens with zero attached hydrogens (tertiary/aromatic N) is 1. The van der Waals surface area contributed by atoms with E-state index in [1.807, 2.05) is 42.5 Å². The number of hydrogen-bond acceptors (Lipinski definition) is 4. The van der Waals surface area contributed by atoms with Gasteiger partial charge in [-0.2, -0.15) is 0 Å². The second kappa shape index (κ2) is 9.36. The Kier molecular flexibility index (Phi) is 6.63. The van der Waals surface area contributed by atoms with Crippen molar-refractivity contribution >= 4 is 5.91 Å². The number of nitrogens with one attached hydrogen (secondary N) is 1. The molecule has 2 aromatic carbocycles. The summed E-state index contributed by atoms with van der Waals surface area (Å²) in [5, 5.41) is 2.94. The quantitative estimate of drug-likeness (QED) is 0.830. The zero-order valence-electron chi connectivity index (χ0n) is 15.2. The summed E-state index contributed by atoms with van der Waals surface area (Å²) in [5.41, 5.74) is 2.29. The van der Waals surface area contributed by atoms with Crippen LogP contribution in [0.3, 0.4) is 0 Å². The van der Waals surface area contributed by atoms with Crippen LogP contribution in [0.5, 0.6) is 5.75 Å². The van der Waals surface area contributed by atoms with E-state index in [1.165, 1.54) is 0 Å². The van der Waals surface area contributed by atoms with Gasteiger partial charge in [-0.05, 0) is 30.2 Å². The Bertz CT molecular complexity index is 682. The molecule has 2 aromatic rings. The molecule has 1 heterocycles. The number of morpholine rings is 1. The molecule has 138 valence electrons. The van der Waals surface area contributed by atoms with E-state index in [0.717, 1.165) is 44.0 Å². The molecule has 1 amide bonds. The minimum absolute atomic E-state index is 0.0922. The van der Waals surface area contributed by atoms with Crippen molar-refractivity contribution in [2.75, 3.05) is 39.4 Å². The molecular formula is C21H26N2O3. The fourth-order valence-corrected chi connectivity index (χ4v) is 2.92. The zero-order valence-corrected chi connectivity index (χ0v) is 15.2. The maximum Gasteiger partial charge on any atom is 0.260 e. The van der Waals surface area contributed by atoms with Crippen molar-refractivity contribution in [2.24, 2.45) is 0 Å². The molecule has 3 rings (SSSR count). The third-order valence-corrected chi connectivity index (χ3v) is 4.47. The van der Waals surface area contributed by atoms with Crippen LogP contribution in [0.15, 0.2) is 54.6 Å². The molecule has 5 heteroatoms. The second-order valence-corrected chi connectivity index (χ2v) is 6.40. The van der Waals surface area contributed by atoms with Gasteiger partial charge in [0.1, 0.15) is 5.75 Å². The lowest BCUT2D eigenvalue weighted by Crippen LogP contribution is -2.43. The highest BCUT2D eigenvalue weighted by Crippen LogP contribution is 2.22. The van der Waals surface area contributed by atoms with Crippen LogP contribution in [0.1, 0.15) is 6.92 Å². The van der Waals surface area contributed by atoms with E-state index in [0.29, 0.717) is 12.3 Å². The smallest absolute Gasteiger partial charge is 0.260 e. The fraction of sp³-hybridized carbons (Fsp3) is 0.381. The van der Waals surface area contributed by atoms with Crippen molar-refractivity contribution in [2.45, 2.75) is 13.0 Å². The first-order chi connectivity index (χ1) is 12.7. The molecule has 0 aliphatic carbocycles. The van der Waals surface area contributed by atoms with Gasteiger partial charge in [0.2, 0.25) is 0 Å². The summed E-state index contributed by atoms with van der Waals surface area (Å²) in [6.07, 6.45) is -0.526. The van der Waals surface area contributed by atoms with E-state index in [2.05, 4.69) is 22.3 Å². The third kappa shape index (κ3) is 5.31. The molecule has 5 nitrogen and oxygen atoms in total. The molecule has 1 atom stereocenters. The van der Waals surface area contributed by atoms with E-state index in [9.17, 15) is 4.79 Å². The highest BCUT2D eigenvalue weighted by atomic mass is 16.5. The van der Waals surface area contributed by atoms with Gasteiger partial charge in [-0.1, -0.05) is 42.5 Å². The Hall–Kier alpha value is -2.37. The highest BCUT2D eigenvalue weighted by molar-refractivity contribution is 5.80. The summed E-state index contributed by atoms with van der Waals surface area (Å²) in [5.74, 6) is 0.603. The lowest BCUT2D eigenvalue weighted by molar-refractivity contribution is -0.127. The first-order valence-corrected chi connectivity index (χ1v) is 9.12. The molecule has 0 radical (unpaired) electrons. The molecule has 1 saturated heterocycles. The van der Waals surface area contributed by atoms with Crippen LogP contribution in [-0.2, 0) is 9.53 Å². The zero-order chi connectivity index (χ0) is 18.2. The van der Waals surface area contributed by atoms with Crippen LogP contribution in [0.2, 0.25) is 0 Å². The van der Waals surface area contributed by atoms with E-state index < -0.39 is 6.10 Å². The number of ether oxygens (including phenoxy) is 2. The minimum Gasteiger partial charge on any atom is -0.481 e. The summed E-state index contributed by atoms with van der Waals surface area (Å²) < 4.78 is 11.1. The molecular weight excluding hydrogens is 328 g/mol. The number of hydrogen-bond donors (Lipinski definition) is 1. The van der Waals surface area contributed by atoms with Crippen LogP contribution < -0.4 is 10.1 Å². The molecule has 1 aliphatic heterocycles. The lowest BCUT2D eigenvalue weighted by Gasteiger charge is -2.26. The average Bonchev–Trinajstić information content (AvgIpc) is 2.70. The maximum atomic E-state index is 12.2. The highest BCUT2D eigenvalue weighted by Gasteiger charge is 2.15. The number of rotatable bonds is 7. The van der Waals surface area contributed by atoms with E-state index in [1.54, 1.807) is 6.92 Å². The molecule has 0 aromatic heterocycles. The summed E-state index contributed by atoms with van der Waals surface area (Å²) in [4.78, 5) is 14.5. The predicted octanol–water partition coefficient (Wildman–Crippen LogP) is 2.57. The van der Waals surface area contributed by atoms with E-state index in [4.69, 9.17) is 9.47 Å². The Morgan fingerprint density at radius 1 is 1.08 bits per heavy atom. The van der Waals surface area contributed by atoms with Gasteiger partial charge in [0.05, 0.1) is 13.2 Å². The Morgan fingerprint density at radius 3 is 2.42 bits per heavy atom. The van der Waals surface area contributed by atoms with Crippen molar-refractivity contribution in [1.82, 2.24) is 10.2 Å². The fourth-order valence-electron chi connectivity index (χ4n) is 2.92. The van der Waals surface area contributed by atoms with E-state index in [-0.39, 0.29) is 5.91 Å². The average molecular weight is 354 g/mol.